The van der Waals surface area contributed by atoms with Gasteiger partial charge < -0.3 is 29.6 Å². The third-order valence-corrected chi connectivity index (χ3v) is 2.17. The van der Waals surface area contributed by atoms with Crippen molar-refractivity contribution in [1.82, 2.24) is 0 Å². The summed E-state index contributed by atoms with van der Waals surface area (Å²) in [5.41, 5.74) is 0. The summed E-state index contributed by atoms with van der Waals surface area (Å²) in [6.45, 7) is 6.54. The van der Waals surface area contributed by atoms with Crippen molar-refractivity contribution in [1.29, 1.82) is 0 Å². The fraction of sp³-hybridized carbons (Fsp3) is 0.875. The fourth-order valence-electron chi connectivity index (χ4n) is 1.35. The van der Waals surface area contributed by atoms with Crippen LogP contribution in [0.2, 0.25) is 0 Å². The molecule has 1 saturated heterocycles. The standard InChI is InChI=1S/C8H13NO5/c1-9-3-4-5(10)6(11)7(12)8(13-2)14-4/h4-8,10-12H,3H2,2H3/t4?,5?,6-,7-,8+/m0/s1. The molecule has 0 amide bonds. The molecule has 0 aromatic rings. The summed E-state index contributed by atoms with van der Waals surface area (Å²) in [6, 6.07) is 0. The highest BCUT2D eigenvalue weighted by Crippen LogP contribution is 2.21. The maximum absolute atomic E-state index is 9.42. The third kappa shape index (κ3) is 2.03. The van der Waals surface area contributed by atoms with Crippen molar-refractivity contribution in [3.63, 3.8) is 0 Å². The molecule has 1 rings (SSSR count). The molecule has 2 unspecified atom stereocenters. The Morgan fingerprint density at radius 3 is 2.43 bits per heavy atom. The first-order chi connectivity index (χ1) is 6.61. The molecule has 0 radical (unpaired) electrons. The molecule has 0 aliphatic carbocycles. The highest BCUT2D eigenvalue weighted by atomic mass is 16.7. The van der Waals surface area contributed by atoms with Crippen molar-refractivity contribution in [3.8, 4) is 0 Å². The van der Waals surface area contributed by atoms with E-state index in [9.17, 15) is 15.3 Å². The molecule has 0 aromatic heterocycles. The minimum Gasteiger partial charge on any atom is -0.387 e. The molecule has 80 valence electrons. The fourth-order valence-corrected chi connectivity index (χ4v) is 1.35. The molecule has 3 N–H and O–H groups in total. The van der Waals surface area contributed by atoms with Gasteiger partial charge in [0.15, 0.2) is 12.4 Å². The Labute approximate surface area is 81.5 Å². The van der Waals surface area contributed by atoms with Crippen LogP contribution in [0.1, 0.15) is 0 Å². The highest BCUT2D eigenvalue weighted by Gasteiger charge is 2.45. The molecule has 6 nitrogen and oxygen atoms in total. The van der Waals surface area contributed by atoms with Gasteiger partial charge in [-0.1, -0.05) is 0 Å². The number of ether oxygens (including phenoxy) is 2. The Balaban J connectivity index is 2.69. The summed E-state index contributed by atoms with van der Waals surface area (Å²) in [5, 5.41) is 28.2. The number of methoxy groups -OCH3 is 1. The molecule has 0 saturated carbocycles. The summed E-state index contributed by atoms with van der Waals surface area (Å²) in [7, 11) is 1.31. The molecule has 6 heteroatoms. The molecule has 0 spiro atoms. The van der Waals surface area contributed by atoms with E-state index in [1.807, 2.05) is 0 Å². The molecule has 1 aliphatic rings. The van der Waals surface area contributed by atoms with E-state index in [2.05, 4.69) is 4.85 Å². The Kier molecular flexibility index (Phi) is 3.80. The van der Waals surface area contributed by atoms with Crippen molar-refractivity contribution in [3.05, 3.63) is 11.4 Å². The smallest absolute Gasteiger partial charge is 0.243 e. The molecule has 1 aliphatic heterocycles. The second-order valence-corrected chi connectivity index (χ2v) is 3.09. The van der Waals surface area contributed by atoms with Crippen LogP contribution in [0, 0.1) is 6.57 Å². The van der Waals surface area contributed by atoms with E-state index in [1.54, 1.807) is 0 Å². The quantitative estimate of drug-likeness (QED) is 0.469. The Bertz CT molecular complexity index is 226. The molecule has 0 aromatic carbocycles. The summed E-state index contributed by atoms with van der Waals surface area (Å²) in [6.07, 6.45) is -5.72. The van der Waals surface area contributed by atoms with Crippen LogP contribution < -0.4 is 0 Å². The van der Waals surface area contributed by atoms with Crippen molar-refractivity contribution >= 4 is 0 Å². The number of nitrogens with zero attached hydrogens (tertiary/aromatic N) is 1. The van der Waals surface area contributed by atoms with Gasteiger partial charge in [-0.05, 0) is 0 Å². The van der Waals surface area contributed by atoms with Crippen LogP contribution in [0.25, 0.3) is 4.85 Å². The van der Waals surface area contributed by atoms with Crippen molar-refractivity contribution in [2.45, 2.75) is 30.7 Å². The topological polar surface area (TPSA) is 83.5 Å². The molecule has 0 bridgehead atoms. The Hall–Kier alpha value is -0.710. The molecule has 1 heterocycles. The van der Waals surface area contributed by atoms with Crippen LogP contribution in [-0.2, 0) is 9.47 Å². The van der Waals surface area contributed by atoms with Crippen LogP contribution in [0.5, 0.6) is 0 Å². The SMILES string of the molecule is [C-]#[N+]CC1O[C@@H](OC)[C@@H](O)[C@@H](O)C1O. The van der Waals surface area contributed by atoms with Gasteiger partial charge in [-0.25, -0.2) is 6.57 Å². The van der Waals surface area contributed by atoms with E-state index in [0.717, 1.165) is 0 Å². The second kappa shape index (κ2) is 4.68. The third-order valence-electron chi connectivity index (χ3n) is 2.17. The van der Waals surface area contributed by atoms with Gasteiger partial charge in [0.05, 0.1) is 0 Å². The normalized spacial score (nSPS) is 43.2. The molecular weight excluding hydrogens is 190 g/mol. The van der Waals surface area contributed by atoms with Crippen molar-refractivity contribution in [2.75, 3.05) is 13.7 Å². The monoisotopic (exact) mass is 203 g/mol. The van der Waals surface area contributed by atoms with Gasteiger partial charge in [-0.3, -0.25) is 0 Å². The number of aliphatic hydroxyl groups is 3. The van der Waals surface area contributed by atoms with Gasteiger partial charge in [0.25, 0.3) is 0 Å². The minimum absolute atomic E-state index is 0.0786. The lowest BCUT2D eigenvalue weighted by atomic mass is 9.99. The summed E-state index contributed by atoms with van der Waals surface area (Å²) >= 11 is 0. The first kappa shape index (κ1) is 11.4. The minimum atomic E-state index is -1.35. The Morgan fingerprint density at radius 2 is 1.93 bits per heavy atom. The summed E-state index contributed by atoms with van der Waals surface area (Å²) in [4.78, 5) is 3.05. The number of aliphatic hydroxyl groups excluding tert-OH is 3. The molecule has 1 fully saturated rings. The van der Waals surface area contributed by atoms with E-state index < -0.39 is 30.7 Å². The van der Waals surface area contributed by atoms with Gasteiger partial charge in [-0.15, -0.1) is 0 Å². The lowest BCUT2D eigenvalue weighted by Crippen LogP contribution is -2.58. The number of hydrogen-bond donors (Lipinski definition) is 3. The van der Waals surface area contributed by atoms with E-state index >= 15 is 0 Å². The van der Waals surface area contributed by atoms with Crippen molar-refractivity contribution in [2.24, 2.45) is 0 Å². The Morgan fingerprint density at radius 1 is 1.29 bits per heavy atom. The van der Waals surface area contributed by atoms with E-state index in [4.69, 9.17) is 16.0 Å². The van der Waals surface area contributed by atoms with E-state index in [-0.39, 0.29) is 6.54 Å². The average molecular weight is 203 g/mol. The largest absolute Gasteiger partial charge is 0.387 e. The van der Waals surface area contributed by atoms with Gasteiger partial charge in [-0.2, -0.15) is 0 Å². The maximum Gasteiger partial charge on any atom is 0.243 e. The van der Waals surface area contributed by atoms with Gasteiger partial charge in [0.1, 0.15) is 18.3 Å². The van der Waals surface area contributed by atoms with Crippen LogP contribution >= 0.6 is 0 Å². The zero-order chi connectivity index (χ0) is 10.7. The van der Waals surface area contributed by atoms with E-state index in [0.29, 0.717) is 0 Å². The van der Waals surface area contributed by atoms with Crippen LogP contribution in [-0.4, -0.2) is 59.7 Å². The van der Waals surface area contributed by atoms with E-state index in [1.165, 1.54) is 7.11 Å². The first-order valence-corrected chi connectivity index (χ1v) is 4.17. The van der Waals surface area contributed by atoms with Gasteiger partial charge in [0.2, 0.25) is 6.54 Å². The first-order valence-electron chi connectivity index (χ1n) is 4.17. The zero-order valence-electron chi connectivity index (χ0n) is 7.70. The number of hydrogen-bond acceptors (Lipinski definition) is 5. The molecule has 5 atom stereocenters. The second-order valence-electron chi connectivity index (χ2n) is 3.09. The predicted octanol–water partition coefficient (Wildman–Crippen LogP) is -1.64. The lowest BCUT2D eigenvalue weighted by molar-refractivity contribution is -0.286. The van der Waals surface area contributed by atoms with Crippen LogP contribution in [0.3, 0.4) is 0 Å². The zero-order valence-corrected chi connectivity index (χ0v) is 7.70. The van der Waals surface area contributed by atoms with Crippen LogP contribution in [0.4, 0.5) is 0 Å². The highest BCUT2D eigenvalue weighted by molar-refractivity contribution is 4.91. The van der Waals surface area contributed by atoms with Gasteiger partial charge in [0, 0.05) is 7.11 Å². The maximum atomic E-state index is 9.42. The predicted molar refractivity (Wildman–Crippen MR) is 45.2 cm³/mol. The molecule has 14 heavy (non-hydrogen) atoms. The lowest BCUT2D eigenvalue weighted by Gasteiger charge is -2.37. The molecular formula is C8H13NO5. The average Bonchev–Trinajstić information content (AvgIpc) is 2.19. The van der Waals surface area contributed by atoms with Crippen molar-refractivity contribution < 1.29 is 24.8 Å². The van der Waals surface area contributed by atoms with Crippen LogP contribution in [0.15, 0.2) is 0 Å². The van der Waals surface area contributed by atoms with Gasteiger partial charge >= 0.3 is 0 Å². The summed E-state index contributed by atoms with van der Waals surface area (Å²) < 4.78 is 9.83. The number of rotatable bonds is 2. The summed E-state index contributed by atoms with van der Waals surface area (Å²) in [5.74, 6) is 0.